The van der Waals surface area contributed by atoms with Crippen LogP contribution >= 0.6 is 0 Å². The van der Waals surface area contributed by atoms with Gasteiger partial charge in [0, 0.05) is 27.5 Å². The highest BCUT2D eigenvalue weighted by Gasteiger charge is 2.49. The highest BCUT2D eigenvalue weighted by molar-refractivity contribution is 7.00. The van der Waals surface area contributed by atoms with E-state index in [-0.39, 0.29) is 19.5 Å². The van der Waals surface area contributed by atoms with Crippen LogP contribution in [0.4, 0.5) is 27.5 Å². The van der Waals surface area contributed by atoms with Crippen LogP contribution < -0.4 is 42.6 Å². The van der Waals surface area contributed by atoms with Crippen molar-refractivity contribution >= 4 is 108 Å². The van der Waals surface area contributed by atoms with Crippen LogP contribution in [0.5, 0.6) is 0 Å². The van der Waals surface area contributed by atoms with Crippen molar-refractivity contribution in [2.75, 3.05) is 9.80 Å². The number of benzene rings is 7. The number of carbonyl (C=O) groups is 1. The summed E-state index contributed by atoms with van der Waals surface area (Å²) in [4.78, 5) is 19.9. The van der Waals surface area contributed by atoms with E-state index < -0.39 is 0 Å². The van der Waals surface area contributed by atoms with Gasteiger partial charge in [-0.2, -0.15) is 0 Å². The van der Waals surface area contributed by atoms with Gasteiger partial charge in [-0.3, -0.25) is 9.80 Å². The number of amides is 2. The zero-order valence-electron chi connectivity index (χ0n) is 30.8. The van der Waals surface area contributed by atoms with E-state index in [0.717, 1.165) is 66.4 Å². The van der Waals surface area contributed by atoms with Gasteiger partial charge in [-0.25, -0.2) is 4.79 Å². The van der Waals surface area contributed by atoms with Gasteiger partial charge >= 0.3 is 6.03 Å². The summed E-state index contributed by atoms with van der Waals surface area (Å²) in [5, 5.41) is 4.34. The maximum atomic E-state index is 15.8. The summed E-state index contributed by atoms with van der Waals surface area (Å²) in [7, 11) is 0. The molecule has 0 spiro atoms. The molecule has 7 aromatic carbocycles. The van der Waals surface area contributed by atoms with Crippen molar-refractivity contribution < 1.29 is 9.21 Å². The summed E-state index contributed by atoms with van der Waals surface area (Å²) in [6.45, 7) is 13.1. The third-order valence-corrected chi connectivity index (χ3v) is 12.6. The second-order valence-corrected chi connectivity index (χ2v) is 15.5. The molecule has 3 aliphatic heterocycles. The molecule has 0 fully saturated rings. The lowest BCUT2D eigenvalue weighted by atomic mass is 9.32. The van der Waals surface area contributed by atoms with Gasteiger partial charge in [0.05, 0.1) is 11.4 Å². The molecular formula is C47H36B2N2O2. The number of fused-ring (bicyclic) bond motifs is 7. The van der Waals surface area contributed by atoms with E-state index in [1.165, 1.54) is 55.2 Å². The van der Waals surface area contributed by atoms with E-state index in [4.69, 9.17) is 4.42 Å². The molecule has 0 N–H and O–H groups in total. The first-order valence-electron chi connectivity index (χ1n) is 18.6. The predicted molar refractivity (Wildman–Crippen MR) is 224 cm³/mol. The van der Waals surface area contributed by atoms with Gasteiger partial charge in [-0.05, 0) is 104 Å². The van der Waals surface area contributed by atoms with Crippen molar-refractivity contribution in [2.24, 2.45) is 0 Å². The summed E-state index contributed by atoms with van der Waals surface area (Å²) >= 11 is 0. The number of hydrogen-bond donors (Lipinski definition) is 0. The van der Waals surface area contributed by atoms with Crippen molar-refractivity contribution in [2.45, 2.75) is 41.5 Å². The standard InChI is InChI=1S/C47H36B2N2O2/c1-25-11-9-12-26(2)43(25)48-34-19-17-31-18-20-35-46-42(31)45(34)50(38-22-30(6)29(5)21-36(38)48)47(52)51(46)39-23-33-32-15-7-8-16-40(32)53-41(33)24-37(39)49(35)44-27(3)13-10-14-28(44)4/h7-24H,1-6H3. The van der Waals surface area contributed by atoms with Crippen LogP contribution in [0.2, 0.25) is 0 Å². The molecule has 6 heteroatoms. The van der Waals surface area contributed by atoms with Gasteiger partial charge in [-0.1, -0.05) is 118 Å². The zero-order chi connectivity index (χ0) is 36.0. The quantitative estimate of drug-likeness (QED) is 0.176. The van der Waals surface area contributed by atoms with Crippen LogP contribution in [0.25, 0.3) is 32.7 Å². The van der Waals surface area contributed by atoms with E-state index in [0.29, 0.717) is 0 Å². The minimum Gasteiger partial charge on any atom is -0.456 e. The van der Waals surface area contributed by atoms with Crippen molar-refractivity contribution in [1.82, 2.24) is 0 Å². The van der Waals surface area contributed by atoms with E-state index in [9.17, 15) is 0 Å². The monoisotopic (exact) mass is 682 g/mol. The topological polar surface area (TPSA) is 36.7 Å². The van der Waals surface area contributed by atoms with Crippen LogP contribution in [0.3, 0.4) is 0 Å². The fourth-order valence-corrected chi connectivity index (χ4v) is 10.1. The van der Waals surface area contributed by atoms with Crippen LogP contribution in [0.1, 0.15) is 33.4 Å². The molecule has 0 atom stereocenters. The first kappa shape index (κ1) is 30.6. The Labute approximate surface area is 309 Å². The average Bonchev–Trinajstić information content (AvgIpc) is 3.50. The number of urea groups is 1. The zero-order valence-corrected chi connectivity index (χ0v) is 30.8. The van der Waals surface area contributed by atoms with Crippen LogP contribution in [-0.4, -0.2) is 19.5 Å². The SMILES string of the molecule is Cc1cc2c(cc1C)N1C(=O)N3c4cc5c(cc4B(c4c(C)cccc4C)c4ccc6ccc(c1c6c43)B2c1c(C)cccc1C)oc1ccccc15. The average molecular weight is 682 g/mol. The summed E-state index contributed by atoms with van der Waals surface area (Å²) in [6, 6.07) is 39.5. The maximum absolute atomic E-state index is 15.8. The van der Waals surface area contributed by atoms with Gasteiger partial charge < -0.3 is 4.42 Å². The molecule has 0 saturated heterocycles. The van der Waals surface area contributed by atoms with Crippen LogP contribution in [-0.2, 0) is 0 Å². The number of furan rings is 1. The fourth-order valence-electron chi connectivity index (χ4n) is 10.1. The number of hydrogen-bond acceptors (Lipinski definition) is 2. The largest absolute Gasteiger partial charge is 0.456 e. The molecule has 0 bridgehead atoms. The predicted octanol–water partition coefficient (Wildman–Crippen LogP) is 7.66. The van der Waals surface area contributed by atoms with E-state index in [1.807, 2.05) is 21.9 Å². The number of nitrogens with zero attached hydrogens (tertiary/aromatic N) is 2. The third kappa shape index (κ3) is 3.91. The fraction of sp³-hybridized carbons (Fsp3) is 0.128. The highest BCUT2D eigenvalue weighted by Crippen LogP contribution is 2.48. The number of para-hydroxylation sites is 1. The molecule has 0 unspecified atom stereocenters. The molecule has 0 aliphatic carbocycles. The molecule has 4 nitrogen and oxygen atoms in total. The lowest BCUT2D eigenvalue weighted by Gasteiger charge is -2.47. The number of anilines is 4. The first-order chi connectivity index (χ1) is 25.7. The summed E-state index contributed by atoms with van der Waals surface area (Å²) < 4.78 is 6.53. The Morgan fingerprint density at radius 3 is 1.60 bits per heavy atom. The summed E-state index contributed by atoms with van der Waals surface area (Å²) in [5.41, 5.74) is 20.2. The molecule has 8 aromatic rings. The molecule has 252 valence electrons. The normalized spacial score (nSPS) is 14.1. The second-order valence-electron chi connectivity index (χ2n) is 15.5. The van der Waals surface area contributed by atoms with Gasteiger partial charge in [0.1, 0.15) is 11.2 Å². The van der Waals surface area contributed by atoms with Crippen molar-refractivity contribution in [3.8, 4) is 0 Å². The highest BCUT2D eigenvalue weighted by atomic mass is 16.3. The lowest BCUT2D eigenvalue weighted by molar-refractivity contribution is 0.255. The molecule has 0 saturated carbocycles. The van der Waals surface area contributed by atoms with Crippen LogP contribution in [0, 0.1) is 41.5 Å². The van der Waals surface area contributed by atoms with Crippen molar-refractivity contribution in [1.29, 1.82) is 0 Å². The Kier molecular flexibility index (Phi) is 6.09. The minimum atomic E-state index is -0.0927. The van der Waals surface area contributed by atoms with E-state index in [1.54, 1.807) is 0 Å². The molecular weight excluding hydrogens is 646 g/mol. The Morgan fingerprint density at radius 2 is 1.00 bits per heavy atom. The Balaban J connectivity index is 1.31. The number of rotatable bonds is 2. The lowest BCUT2D eigenvalue weighted by Crippen LogP contribution is -2.65. The Bertz CT molecular complexity index is 2940. The smallest absolute Gasteiger partial charge is 0.338 e. The van der Waals surface area contributed by atoms with Gasteiger partial charge in [0.25, 0.3) is 0 Å². The number of carbonyl (C=O) groups excluding carboxylic acids is 1. The molecule has 3 aliphatic rings. The summed E-state index contributed by atoms with van der Waals surface area (Å²) in [5.74, 6) is 0. The third-order valence-electron chi connectivity index (χ3n) is 12.6. The van der Waals surface area contributed by atoms with E-state index >= 15 is 4.79 Å². The van der Waals surface area contributed by atoms with Gasteiger partial charge in [-0.15, -0.1) is 0 Å². The Morgan fingerprint density at radius 1 is 0.472 bits per heavy atom. The van der Waals surface area contributed by atoms with Gasteiger partial charge in [0.2, 0.25) is 13.4 Å². The molecule has 2 amide bonds. The van der Waals surface area contributed by atoms with Crippen LogP contribution in [0.15, 0.2) is 114 Å². The second kappa shape index (κ2) is 10.5. The van der Waals surface area contributed by atoms with Crippen molar-refractivity contribution in [3.05, 3.63) is 143 Å². The summed E-state index contributed by atoms with van der Waals surface area (Å²) in [6.07, 6.45) is 0. The molecule has 1 aromatic heterocycles. The molecule has 4 heterocycles. The maximum Gasteiger partial charge on any atom is 0.338 e. The van der Waals surface area contributed by atoms with Crippen molar-refractivity contribution in [3.63, 3.8) is 0 Å². The first-order valence-corrected chi connectivity index (χ1v) is 18.6. The van der Waals surface area contributed by atoms with Gasteiger partial charge in [0.15, 0.2) is 0 Å². The van der Waals surface area contributed by atoms with E-state index in [2.05, 4.69) is 139 Å². The molecule has 0 radical (unpaired) electrons. The number of aryl methyl sites for hydroxylation is 6. The Hall–Kier alpha value is -6.00. The molecule has 11 rings (SSSR count). The molecule has 53 heavy (non-hydrogen) atoms. The minimum absolute atomic E-state index is 0.0152.